The minimum absolute atomic E-state index is 1.06. The molecule has 0 fully saturated rings. The molecule has 2 heteroatoms. The Morgan fingerprint density at radius 2 is 1.32 bits per heavy atom. The minimum Gasteiger partial charge on any atom is -0.250 e. The predicted molar refractivity (Wildman–Crippen MR) is 89.5 cm³/mol. The van der Waals surface area contributed by atoms with Crippen molar-refractivity contribution in [1.82, 2.24) is 4.98 Å². The monoisotopic (exact) mass is 355 g/mol. The van der Waals surface area contributed by atoms with E-state index >= 15 is 0 Å². The number of nitrogens with zero attached hydrogens (tertiary/aromatic N) is 1. The summed E-state index contributed by atoms with van der Waals surface area (Å²) in [5, 5.41) is 7.73. The van der Waals surface area contributed by atoms with E-state index in [0.717, 1.165) is 3.70 Å². The molecule has 1 heterocycles. The Balaban J connectivity index is 2.29. The highest BCUT2D eigenvalue weighted by atomic mass is 127. The molecule has 0 saturated heterocycles. The molecule has 0 unspecified atom stereocenters. The van der Waals surface area contributed by atoms with E-state index < -0.39 is 0 Å². The molecule has 4 rings (SSSR count). The summed E-state index contributed by atoms with van der Waals surface area (Å²) in [5.41, 5.74) is 0. The number of hydrogen-bond acceptors (Lipinski definition) is 1. The van der Waals surface area contributed by atoms with Gasteiger partial charge in [-0.05, 0) is 55.6 Å². The second kappa shape index (κ2) is 4.17. The quantitative estimate of drug-likeness (QED) is 0.242. The molecular formula is C17H10IN. The van der Waals surface area contributed by atoms with Crippen molar-refractivity contribution in [2.45, 2.75) is 0 Å². The smallest absolute Gasteiger partial charge is 0.109 e. The third-order valence-electron chi connectivity index (χ3n) is 3.62. The normalized spacial score (nSPS) is 11.4. The van der Waals surface area contributed by atoms with E-state index in [0.29, 0.717) is 0 Å². The molecule has 0 aliphatic rings. The van der Waals surface area contributed by atoms with Gasteiger partial charge in [-0.25, -0.2) is 4.98 Å². The Morgan fingerprint density at radius 1 is 0.632 bits per heavy atom. The van der Waals surface area contributed by atoms with E-state index in [1.165, 1.54) is 32.3 Å². The van der Waals surface area contributed by atoms with Crippen LogP contribution in [0.2, 0.25) is 0 Å². The fourth-order valence-electron chi connectivity index (χ4n) is 2.72. The largest absolute Gasteiger partial charge is 0.250 e. The van der Waals surface area contributed by atoms with Crippen molar-refractivity contribution in [3.63, 3.8) is 0 Å². The molecule has 0 aliphatic heterocycles. The van der Waals surface area contributed by atoms with Gasteiger partial charge in [-0.3, -0.25) is 0 Å². The Kier molecular flexibility index (Phi) is 2.45. The van der Waals surface area contributed by atoms with E-state index in [9.17, 15) is 0 Å². The second-order valence-corrected chi connectivity index (χ2v) is 5.67. The molecule has 0 spiro atoms. The van der Waals surface area contributed by atoms with Gasteiger partial charge in [-0.15, -0.1) is 0 Å². The van der Waals surface area contributed by atoms with Gasteiger partial charge in [0, 0.05) is 11.6 Å². The lowest BCUT2D eigenvalue weighted by molar-refractivity contribution is 1.31. The van der Waals surface area contributed by atoms with Crippen molar-refractivity contribution in [3.05, 3.63) is 64.5 Å². The molecule has 0 N–H and O–H groups in total. The van der Waals surface area contributed by atoms with Crippen molar-refractivity contribution in [1.29, 1.82) is 0 Å². The first kappa shape index (κ1) is 11.2. The number of pyridine rings is 1. The second-order valence-electron chi connectivity index (χ2n) is 4.64. The molecule has 4 aromatic rings. The molecule has 1 aromatic heterocycles. The lowest BCUT2D eigenvalue weighted by Gasteiger charge is -2.08. The van der Waals surface area contributed by atoms with Gasteiger partial charge >= 0.3 is 0 Å². The molecule has 0 aliphatic carbocycles. The van der Waals surface area contributed by atoms with E-state index in [1.807, 2.05) is 6.20 Å². The summed E-state index contributed by atoms with van der Waals surface area (Å²) in [4.78, 5) is 4.36. The Morgan fingerprint density at radius 3 is 2.26 bits per heavy atom. The van der Waals surface area contributed by atoms with Crippen molar-refractivity contribution in [3.8, 4) is 0 Å². The molecule has 1 nitrogen and oxygen atoms in total. The van der Waals surface area contributed by atoms with E-state index in [1.54, 1.807) is 0 Å². The minimum atomic E-state index is 1.06. The van der Waals surface area contributed by atoms with Crippen LogP contribution in [0.5, 0.6) is 0 Å². The summed E-state index contributed by atoms with van der Waals surface area (Å²) in [6, 6.07) is 19.5. The van der Waals surface area contributed by atoms with Gasteiger partial charge in [0.15, 0.2) is 0 Å². The van der Waals surface area contributed by atoms with E-state index in [4.69, 9.17) is 0 Å². The SMILES string of the molecule is Ic1nccc2c1ccc1c3ccccc3ccc21. The molecule has 0 saturated carbocycles. The molecule has 0 atom stereocenters. The summed E-state index contributed by atoms with van der Waals surface area (Å²) < 4.78 is 1.06. The van der Waals surface area contributed by atoms with E-state index in [2.05, 4.69) is 82.2 Å². The fraction of sp³-hybridized carbons (Fsp3) is 0. The van der Waals surface area contributed by atoms with Crippen LogP contribution < -0.4 is 0 Å². The molecular weight excluding hydrogens is 345 g/mol. The first-order chi connectivity index (χ1) is 9.34. The summed E-state index contributed by atoms with van der Waals surface area (Å²) >= 11 is 2.30. The van der Waals surface area contributed by atoms with Crippen LogP contribution in [-0.2, 0) is 0 Å². The molecule has 0 radical (unpaired) electrons. The lowest BCUT2D eigenvalue weighted by atomic mass is 9.98. The van der Waals surface area contributed by atoms with Crippen molar-refractivity contribution < 1.29 is 0 Å². The molecule has 90 valence electrons. The van der Waals surface area contributed by atoms with Crippen LogP contribution in [0, 0.1) is 3.70 Å². The van der Waals surface area contributed by atoms with Gasteiger partial charge < -0.3 is 0 Å². The van der Waals surface area contributed by atoms with Crippen molar-refractivity contribution in [2.24, 2.45) is 0 Å². The Bertz CT molecular complexity index is 928. The topological polar surface area (TPSA) is 12.9 Å². The van der Waals surface area contributed by atoms with Crippen molar-refractivity contribution >= 4 is 54.9 Å². The Labute approximate surface area is 124 Å². The van der Waals surface area contributed by atoms with Crippen LogP contribution in [0.15, 0.2) is 60.8 Å². The maximum Gasteiger partial charge on any atom is 0.109 e. The van der Waals surface area contributed by atoms with Crippen LogP contribution in [0.25, 0.3) is 32.3 Å². The van der Waals surface area contributed by atoms with Crippen LogP contribution in [0.3, 0.4) is 0 Å². The standard InChI is InChI=1S/C17H10IN/c18-17-16-8-7-13-12-4-2-1-3-11(12)5-6-14(13)15(16)9-10-19-17/h1-10H. The number of aromatic nitrogens is 1. The number of rotatable bonds is 0. The predicted octanol–water partition coefficient (Wildman–Crippen LogP) is 5.15. The maximum absolute atomic E-state index is 4.36. The lowest BCUT2D eigenvalue weighted by Crippen LogP contribution is -1.85. The van der Waals surface area contributed by atoms with Crippen molar-refractivity contribution in [2.75, 3.05) is 0 Å². The summed E-state index contributed by atoms with van der Waals surface area (Å²) in [6.07, 6.45) is 1.89. The van der Waals surface area contributed by atoms with Gasteiger partial charge in [-0.1, -0.05) is 48.5 Å². The van der Waals surface area contributed by atoms with Gasteiger partial charge in [0.05, 0.1) is 0 Å². The number of hydrogen-bond donors (Lipinski definition) is 0. The average Bonchev–Trinajstić information content (AvgIpc) is 2.47. The fourth-order valence-corrected chi connectivity index (χ4v) is 3.35. The summed E-state index contributed by atoms with van der Waals surface area (Å²) in [6.45, 7) is 0. The number of benzene rings is 3. The zero-order valence-electron chi connectivity index (χ0n) is 10.1. The van der Waals surface area contributed by atoms with Gasteiger partial charge in [-0.2, -0.15) is 0 Å². The zero-order chi connectivity index (χ0) is 12.8. The molecule has 3 aromatic carbocycles. The number of halogens is 1. The summed E-state index contributed by atoms with van der Waals surface area (Å²) in [5.74, 6) is 0. The van der Waals surface area contributed by atoms with E-state index in [-0.39, 0.29) is 0 Å². The van der Waals surface area contributed by atoms with Crippen LogP contribution in [0.4, 0.5) is 0 Å². The number of fused-ring (bicyclic) bond motifs is 5. The van der Waals surface area contributed by atoms with Crippen LogP contribution in [0.1, 0.15) is 0 Å². The highest BCUT2D eigenvalue weighted by Crippen LogP contribution is 2.32. The highest BCUT2D eigenvalue weighted by molar-refractivity contribution is 14.1. The van der Waals surface area contributed by atoms with Gasteiger partial charge in [0.2, 0.25) is 0 Å². The third kappa shape index (κ3) is 1.63. The third-order valence-corrected chi connectivity index (χ3v) is 4.48. The zero-order valence-corrected chi connectivity index (χ0v) is 12.3. The maximum atomic E-state index is 4.36. The van der Waals surface area contributed by atoms with Crippen LogP contribution in [-0.4, -0.2) is 4.98 Å². The molecule has 0 amide bonds. The first-order valence-corrected chi connectivity index (χ1v) is 7.27. The van der Waals surface area contributed by atoms with Gasteiger partial charge in [0.1, 0.15) is 3.70 Å². The molecule has 0 bridgehead atoms. The Hall–Kier alpha value is -1.68. The van der Waals surface area contributed by atoms with Crippen LogP contribution >= 0.6 is 22.6 Å². The first-order valence-electron chi connectivity index (χ1n) is 6.19. The highest BCUT2D eigenvalue weighted by Gasteiger charge is 2.06. The molecule has 19 heavy (non-hydrogen) atoms. The average molecular weight is 355 g/mol. The summed E-state index contributed by atoms with van der Waals surface area (Å²) in [7, 11) is 0. The van der Waals surface area contributed by atoms with Gasteiger partial charge in [0.25, 0.3) is 0 Å².